The molecule has 2 nitrogen and oxygen atoms in total. The standard InChI is InChI=1S/C11H22F3NO/c1-4-6-8(3)9(5-2)15-7-10(16)11(12,13)14/h8-10,15-16H,4-7H2,1-3H3. The normalized spacial score (nSPS) is 18.2. The lowest BCUT2D eigenvalue weighted by molar-refractivity contribution is -0.202. The van der Waals surface area contributed by atoms with Crippen LogP contribution in [-0.2, 0) is 0 Å². The van der Waals surface area contributed by atoms with Crippen LogP contribution in [0.1, 0.15) is 40.0 Å². The molecule has 98 valence electrons. The quantitative estimate of drug-likeness (QED) is 0.718. The Bertz CT molecular complexity index is 185. The molecule has 0 bridgehead atoms. The number of hydrogen-bond acceptors (Lipinski definition) is 2. The van der Waals surface area contributed by atoms with E-state index in [9.17, 15) is 13.2 Å². The Morgan fingerprint density at radius 1 is 1.25 bits per heavy atom. The largest absolute Gasteiger partial charge is 0.415 e. The summed E-state index contributed by atoms with van der Waals surface area (Å²) in [6, 6.07) is 0.0388. The lowest BCUT2D eigenvalue weighted by atomic mass is 9.95. The van der Waals surface area contributed by atoms with E-state index in [2.05, 4.69) is 5.32 Å². The highest BCUT2D eigenvalue weighted by Crippen LogP contribution is 2.20. The fourth-order valence-corrected chi connectivity index (χ4v) is 1.78. The highest BCUT2D eigenvalue weighted by atomic mass is 19.4. The van der Waals surface area contributed by atoms with Gasteiger partial charge in [-0.3, -0.25) is 0 Å². The molecular formula is C11H22F3NO. The molecule has 16 heavy (non-hydrogen) atoms. The number of alkyl halides is 3. The Hall–Kier alpha value is -0.290. The van der Waals surface area contributed by atoms with Crippen molar-refractivity contribution < 1.29 is 18.3 Å². The zero-order chi connectivity index (χ0) is 12.8. The van der Waals surface area contributed by atoms with E-state index >= 15 is 0 Å². The fraction of sp³-hybridized carbons (Fsp3) is 1.00. The van der Waals surface area contributed by atoms with Gasteiger partial charge >= 0.3 is 6.18 Å². The van der Waals surface area contributed by atoms with Gasteiger partial charge in [0, 0.05) is 12.6 Å². The smallest absolute Gasteiger partial charge is 0.382 e. The molecule has 3 atom stereocenters. The lowest BCUT2D eigenvalue weighted by Crippen LogP contribution is -2.44. The monoisotopic (exact) mass is 241 g/mol. The van der Waals surface area contributed by atoms with E-state index in [1.807, 2.05) is 20.8 Å². The number of aliphatic hydroxyl groups excluding tert-OH is 1. The summed E-state index contributed by atoms with van der Waals surface area (Å²) in [6.45, 7) is 5.58. The maximum atomic E-state index is 12.1. The molecule has 0 spiro atoms. The summed E-state index contributed by atoms with van der Waals surface area (Å²) in [5.74, 6) is 0.329. The van der Waals surface area contributed by atoms with Gasteiger partial charge in [-0.15, -0.1) is 0 Å². The van der Waals surface area contributed by atoms with Gasteiger partial charge in [0.2, 0.25) is 0 Å². The zero-order valence-electron chi connectivity index (χ0n) is 10.1. The summed E-state index contributed by atoms with van der Waals surface area (Å²) < 4.78 is 36.2. The first-order valence-electron chi connectivity index (χ1n) is 5.81. The van der Waals surface area contributed by atoms with Gasteiger partial charge in [0.15, 0.2) is 6.10 Å². The molecule has 0 aromatic rings. The number of hydrogen-bond donors (Lipinski definition) is 2. The minimum Gasteiger partial charge on any atom is -0.382 e. The highest BCUT2D eigenvalue weighted by molar-refractivity contribution is 4.76. The zero-order valence-corrected chi connectivity index (χ0v) is 10.1. The van der Waals surface area contributed by atoms with Gasteiger partial charge in [-0.05, 0) is 18.8 Å². The molecule has 0 heterocycles. The van der Waals surface area contributed by atoms with Gasteiger partial charge in [-0.1, -0.05) is 27.2 Å². The van der Waals surface area contributed by atoms with Gasteiger partial charge < -0.3 is 10.4 Å². The van der Waals surface area contributed by atoms with E-state index in [1.54, 1.807) is 0 Å². The van der Waals surface area contributed by atoms with Crippen molar-refractivity contribution in [1.29, 1.82) is 0 Å². The Morgan fingerprint density at radius 3 is 2.19 bits per heavy atom. The molecule has 0 aromatic carbocycles. The molecule has 0 aliphatic heterocycles. The summed E-state index contributed by atoms with van der Waals surface area (Å²) in [4.78, 5) is 0. The predicted molar refractivity (Wildman–Crippen MR) is 58.2 cm³/mol. The molecule has 3 unspecified atom stereocenters. The number of nitrogens with one attached hydrogen (secondary N) is 1. The first kappa shape index (κ1) is 15.7. The van der Waals surface area contributed by atoms with Crippen molar-refractivity contribution in [1.82, 2.24) is 5.32 Å². The summed E-state index contributed by atoms with van der Waals surface area (Å²) in [5, 5.41) is 11.6. The van der Waals surface area contributed by atoms with E-state index in [4.69, 9.17) is 5.11 Å². The van der Waals surface area contributed by atoms with Gasteiger partial charge in [-0.25, -0.2) is 0 Å². The average molecular weight is 241 g/mol. The van der Waals surface area contributed by atoms with Crippen molar-refractivity contribution in [2.45, 2.75) is 58.4 Å². The molecule has 5 heteroatoms. The maximum absolute atomic E-state index is 12.1. The molecule has 0 saturated heterocycles. The van der Waals surface area contributed by atoms with Crippen LogP contribution in [0.4, 0.5) is 13.2 Å². The summed E-state index contributed by atoms with van der Waals surface area (Å²) in [5.41, 5.74) is 0. The van der Waals surface area contributed by atoms with Crippen LogP contribution in [0.5, 0.6) is 0 Å². The van der Waals surface area contributed by atoms with Crippen LogP contribution in [-0.4, -0.2) is 30.0 Å². The van der Waals surface area contributed by atoms with Gasteiger partial charge in [0.1, 0.15) is 0 Å². The van der Waals surface area contributed by atoms with Crippen LogP contribution in [0, 0.1) is 5.92 Å². The molecule has 0 aromatic heterocycles. The Labute approximate surface area is 95.2 Å². The van der Waals surface area contributed by atoms with Crippen molar-refractivity contribution in [3.8, 4) is 0 Å². The molecule has 0 aliphatic rings. The molecule has 0 saturated carbocycles. The third-order valence-electron chi connectivity index (χ3n) is 2.82. The van der Waals surface area contributed by atoms with E-state index in [1.165, 1.54) is 0 Å². The Kier molecular flexibility index (Phi) is 6.99. The van der Waals surface area contributed by atoms with Crippen molar-refractivity contribution in [3.63, 3.8) is 0 Å². The third kappa shape index (κ3) is 5.70. The van der Waals surface area contributed by atoms with Crippen molar-refractivity contribution in [3.05, 3.63) is 0 Å². The number of halogens is 3. The number of aliphatic hydroxyl groups is 1. The molecule has 0 radical (unpaired) electrons. The highest BCUT2D eigenvalue weighted by Gasteiger charge is 2.38. The minimum absolute atomic E-state index is 0.0388. The summed E-state index contributed by atoms with van der Waals surface area (Å²) in [6.07, 6.45) is -4.03. The van der Waals surface area contributed by atoms with E-state index in [-0.39, 0.29) is 6.04 Å². The fourth-order valence-electron chi connectivity index (χ4n) is 1.78. The Morgan fingerprint density at radius 2 is 1.81 bits per heavy atom. The second-order valence-corrected chi connectivity index (χ2v) is 4.25. The summed E-state index contributed by atoms with van der Waals surface area (Å²) >= 11 is 0. The van der Waals surface area contributed by atoms with Gasteiger partial charge in [0.05, 0.1) is 0 Å². The molecule has 0 rings (SSSR count). The van der Waals surface area contributed by atoms with Crippen LogP contribution in [0.15, 0.2) is 0 Å². The first-order valence-corrected chi connectivity index (χ1v) is 5.81. The number of rotatable bonds is 7. The summed E-state index contributed by atoms with van der Waals surface area (Å²) in [7, 11) is 0. The van der Waals surface area contributed by atoms with Crippen molar-refractivity contribution >= 4 is 0 Å². The third-order valence-corrected chi connectivity index (χ3v) is 2.82. The van der Waals surface area contributed by atoms with E-state index in [0.29, 0.717) is 5.92 Å². The second kappa shape index (κ2) is 7.12. The SMILES string of the molecule is CCCC(C)C(CC)NCC(O)C(F)(F)F. The van der Waals surface area contributed by atoms with Crippen LogP contribution < -0.4 is 5.32 Å². The molecule has 0 fully saturated rings. The molecular weight excluding hydrogens is 219 g/mol. The van der Waals surface area contributed by atoms with E-state index < -0.39 is 18.8 Å². The van der Waals surface area contributed by atoms with E-state index in [0.717, 1.165) is 19.3 Å². The lowest BCUT2D eigenvalue weighted by Gasteiger charge is -2.25. The Balaban J connectivity index is 4.05. The van der Waals surface area contributed by atoms with Crippen LogP contribution in [0.3, 0.4) is 0 Å². The van der Waals surface area contributed by atoms with Crippen LogP contribution in [0.25, 0.3) is 0 Å². The predicted octanol–water partition coefficient (Wildman–Crippen LogP) is 2.71. The second-order valence-electron chi connectivity index (χ2n) is 4.25. The molecule has 2 N–H and O–H groups in total. The van der Waals surface area contributed by atoms with Crippen molar-refractivity contribution in [2.75, 3.05) is 6.54 Å². The van der Waals surface area contributed by atoms with Gasteiger partial charge in [0.25, 0.3) is 0 Å². The maximum Gasteiger partial charge on any atom is 0.415 e. The average Bonchev–Trinajstić information content (AvgIpc) is 2.17. The molecule has 0 amide bonds. The topological polar surface area (TPSA) is 32.3 Å². The molecule has 0 aliphatic carbocycles. The van der Waals surface area contributed by atoms with Crippen LogP contribution in [0.2, 0.25) is 0 Å². The van der Waals surface area contributed by atoms with Gasteiger partial charge in [-0.2, -0.15) is 13.2 Å². The minimum atomic E-state index is -4.53. The van der Waals surface area contributed by atoms with Crippen molar-refractivity contribution in [2.24, 2.45) is 5.92 Å². The van der Waals surface area contributed by atoms with Crippen LogP contribution >= 0.6 is 0 Å². The first-order chi connectivity index (χ1) is 7.32.